The van der Waals surface area contributed by atoms with Crippen molar-refractivity contribution in [2.24, 2.45) is 0 Å². The van der Waals surface area contributed by atoms with Crippen LogP contribution in [-0.2, 0) is 16.4 Å². The van der Waals surface area contributed by atoms with E-state index in [4.69, 9.17) is 0 Å². The smallest absolute Gasteiger partial charge is 0.242 e. The maximum atomic E-state index is 12.3. The molecule has 1 aliphatic rings. The van der Waals surface area contributed by atoms with Gasteiger partial charge in [-0.25, -0.2) is 17.7 Å². The molecule has 0 bridgehead atoms. The summed E-state index contributed by atoms with van der Waals surface area (Å²) in [5, 5.41) is 3.28. The molecule has 1 unspecified atom stereocenters. The third-order valence-corrected chi connectivity index (χ3v) is 6.18. The topological polar surface area (TPSA) is 79.4 Å². The first-order valence-corrected chi connectivity index (χ1v) is 9.55. The minimum Gasteiger partial charge on any atom is -0.364 e. The summed E-state index contributed by atoms with van der Waals surface area (Å²) in [4.78, 5) is 16.5. The van der Waals surface area contributed by atoms with E-state index in [1.807, 2.05) is 13.0 Å². The Balaban J connectivity index is 1.83. The second kappa shape index (κ2) is 6.57. The van der Waals surface area contributed by atoms with E-state index < -0.39 is 10.0 Å². The first-order chi connectivity index (χ1) is 11.8. The summed E-state index contributed by atoms with van der Waals surface area (Å²) in [5.41, 5.74) is 2.38. The number of anilines is 1. The molecule has 7 heteroatoms. The molecule has 6 nitrogen and oxygen atoms in total. The van der Waals surface area contributed by atoms with Gasteiger partial charge in [-0.05, 0) is 43.2 Å². The van der Waals surface area contributed by atoms with Gasteiger partial charge in [0.2, 0.25) is 10.0 Å². The predicted octanol–water partition coefficient (Wildman–Crippen LogP) is 2.63. The Kier molecular flexibility index (Phi) is 4.62. The van der Waals surface area contributed by atoms with Crippen molar-refractivity contribution in [1.29, 1.82) is 0 Å². The summed E-state index contributed by atoms with van der Waals surface area (Å²) in [5.74, 6) is 0.825. The van der Waals surface area contributed by atoms with Gasteiger partial charge >= 0.3 is 0 Å². The lowest BCUT2D eigenvalue weighted by Gasteiger charge is -2.17. The SMILES string of the molecule is CC(Nc1ccc2c(n1)CCC2=O)c1cccc(S(=O)(=O)N(C)C)c1. The van der Waals surface area contributed by atoms with Gasteiger partial charge < -0.3 is 5.32 Å². The fourth-order valence-corrected chi connectivity index (χ4v) is 3.81. The van der Waals surface area contributed by atoms with Gasteiger partial charge in [-0.15, -0.1) is 0 Å². The zero-order chi connectivity index (χ0) is 18.2. The highest BCUT2D eigenvalue weighted by Gasteiger charge is 2.22. The number of carbonyl (C=O) groups excluding carboxylic acids is 1. The quantitative estimate of drug-likeness (QED) is 0.888. The van der Waals surface area contributed by atoms with Crippen molar-refractivity contribution in [2.45, 2.75) is 30.7 Å². The molecule has 25 heavy (non-hydrogen) atoms. The van der Waals surface area contributed by atoms with Gasteiger partial charge in [-0.1, -0.05) is 12.1 Å². The number of nitrogens with one attached hydrogen (secondary N) is 1. The van der Waals surface area contributed by atoms with Gasteiger partial charge in [0.25, 0.3) is 0 Å². The summed E-state index contributed by atoms with van der Waals surface area (Å²) in [6.07, 6.45) is 1.19. The number of hydrogen-bond donors (Lipinski definition) is 1. The Morgan fingerprint density at radius 1 is 1.16 bits per heavy atom. The van der Waals surface area contributed by atoms with Crippen molar-refractivity contribution < 1.29 is 13.2 Å². The second-order valence-corrected chi connectivity index (χ2v) is 8.49. The minimum atomic E-state index is -3.47. The molecular formula is C18H21N3O3S. The minimum absolute atomic E-state index is 0.125. The van der Waals surface area contributed by atoms with Crippen LogP contribution in [-0.4, -0.2) is 37.6 Å². The zero-order valence-corrected chi connectivity index (χ0v) is 15.3. The van der Waals surface area contributed by atoms with Crippen LogP contribution in [0.5, 0.6) is 0 Å². The van der Waals surface area contributed by atoms with Crippen molar-refractivity contribution >= 4 is 21.6 Å². The average Bonchev–Trinajstić information content (AvgIpc) is 2.95. The lowest BCUT2D eigenvalue weighted by molar-refractivity contribution is 0.0994. The number of ketones is 1. The Morgan fingerprint density at radius 3 is 2.64 bits per heavy atom. The molecule has 132 valence electrons. The van der Waals surface area contributed by atoms with Crippen LogP contribution in [0.15, 0.2) is 41.3 Å². The molecule has 1 aliphatic carbocycles. The molecule has 0 fully saturated rings. The second-order valence-electron chi connectivity index (χ2n) is 6.34. The van der Waals surface area contributed by atoms with E-state index >= 15 is 0 Å². The normalized spacial score (nSPS) is 15.3. The fraction of sp³-hybridized carbons (Fsp3) is 0.333. The van der Waals surface area contributed by atoms with Crippen molar-refractivity contribution in [3.8, 4) is 0 Å². The van der Waals surface area contributed by atoms with E-state index in [1.165, 1.54) is 18.4 Å². The molecule has 0 radical (unpaired) electrons. The van der Waals surface area contributed by atoms with Gasteiger partial charge in [0.05, 0.1) is 10.6 Å². The van der Waals surface area contributed by atoms with Crippen molar-refractivity contribution in [3.63, 3.8) is 0 Å². The third kappa shape index (κ3) is 3.43. The summed E-state index contributed by atoms with van der Waals surface area (Å²) in [6, 6.07) is 10.3. The Hall–Kier alpha value is -2.25. The molecule has 0 spiro atoms. The van der Waals surface area contributed by atoms with E-state index in [0.717, 1.165) is 11.3 Å². The average molecular weight is 359 g/mol. The number of carbonyl (C=O) groups is 1. The Labute approximate surface area is 147 Å². The van der Waals surface area contributed by atoms with Crippen LogP contribution < -0.4 is 5.32 Å². The van der Waals surface area contributed by atoms with Gasteiger partial charge in [0, 0.05) is 32.1 Å². The molecule has 1 aromatic carbocycles. The van der Waals surface area contributed by atoms with E-state index in [2.05, 4.69) is 10.3 Å². The van der Waals surface area contributed by atoms with Gasteiger partial charge in [-0.3, -0.25) is 4.79 Å². The Bertz CT molecular complexity index is 923. The summed E-state index contributed by atoms with van der Waals surface area (Å²) in [6.45, 7) is 1.95. The number of Topliss-reactive ketones (excluding diaryl/α,β-unsaturated/α-hetero) is 1. The number of nitrogens with zero attached hydrogens (tertiary/aromatic N) is 2. The number of pyridine rings is 1. The predicted molar refractivity (Wildman–Crippen MR) is 96.2 cm³/mol. The van der Waals surface area contributed by atoms with Crippen LogP contribution in [0.1, 0.15) is 41.0 Å². The Morgan fingerprint density at radius 2 is 1.92 bits per heavy atom. The lowest BCUT2D eigenvalue weighted by Crippen LogP contribution is -2.22. The summed E-state index contributed by atoms with van der Waals surface area (Å²) >= 11 is 0. The van der Waals surface area contributed by atoms with E-state index in [1.54, 1.807) is 30.3 Å². The number of fused-ring (bicyclic) bond motifs is 1. The van der Waals surface area contributed by atoms with Crippen LogP contribution >= 0.6 is 0 Å². The van der Waals surface area contributed by atoms with Gasteiger partial charge in [-0.2, -0.15) is 0 Å². The maximum absolute atomic E-state index is 12.3. The first-order valence-electron chi connectivity index (χ1n) is 8.11. The molecule has 1 atom stereocenters. The lowest BCUT2D eigenvalue weighted by atomic mass is 10.1. The molecule has 0 amide bonds. The van der Waals surface area contributed by atoms with Crippen molar-refractivity contribution in [1.82, 2.24) is 9.29 Å². The molecule has 2 aromatic rings. The van der Waals surface area contributed by atoms with Crippen molar-refractivity contribution in [3.05, 3.63) is 53.2 Å². The van der Waals surface area contributed by atoms with Crippen molar-refractivity contribution in [2.75, 3.05) is 19.4 Å². The van der Waals surface area contributed by atoms with E-state index in [9.17, 15) is 13.2 Å². The molecular weight excluding hydrogens is 338 g/mol. The number of aryl methyl sites for hydroxylation is 1. The number of benzene rings is 1. The molecule has 0 saturated heterocycles. The molecule has 1 heterocycles. The molecule has 1 N–H and O–H groups in total. The largest absolute Gasteiger partial charge is 0.364 e. The van der Waals surface area contributed by atoms with E-state index in [-0.39, 0.29) is 16.7 Å². The van der Waals surface area contributed by atoms with Crippen LogP contribution in [0.2, 0.25) is 0 Å². The summed E-state index contributed by atoms with van der Waals surface area (Å²) < 4.78 is 25.8. The number of sulfonamides is 1. The number of aromatic nitrogens is 1. The number of hydrogen-bond acceptors (Lipinski definition) is 5. The van der Waals surface area contributed by atoms with Crippen LogP contribution in [0.25, 0.3) is 0 Å². The highest BCUT2D eigenvalue weighted by atomic mass is 32.2. The highest BCUT2D eigenvalue weighted by molar-refractivity contribution is 7.89. The first kappa shape index (κ1) is 17.6. The van der Waals surface area contributed by atoms with Gasteiger partial charge in [0.15, 0.2) is 5.78 Å². The molecule has 0 aliphatic heterocycles. The van der Waals surface area contributed by atoms with E-state index in [0.29, 0.717) is 24.2 Å². The molecule has 1 aromatic heterocycles. The number of rotatable bonds is 5. The summed E-state index contributed by atoms with van der Waals surface area (Å²) in [7, 11) is -0.441. The fourth-order valence-electron chi connectivity index (χ4n) is 2.85. The van der Waals surface area contributed by atoms with Crippen LogP contribution in [0.3, 0.4) is 0 Å². The monoisotopic (exact) mass is 359 g/mol. The highest BCUT2D eigenvalue weighted by Crippen LogP contribution is 2.25. The maximum Gasteiger partial charge on any atom is 0.242 e. The zero-order valence-electron chi connectivity index (χ0n) is 14.5. The third-order valence-electron chi connectivity index (χ3n) is 4.36. The molecule has 0 saturated carbocycles. The van der Waals surface area contributed by atoms with Crippen LogP contribution in [0.4, 0.5) is 5.82 Å². The van der Waals surface area contributed by atoms with Gasteiger partial charge in [0.1, 0.15) is 5.82 Å². The molecule has 3 rings (SSSR count). The van der Waals surface area contributed by atoms with Crippen LogP contribution in [0, 0.1) is 0 Å². The standard InChI is InChI=1S/C18H21N3O3S/c1-12(13-5-4-6-14(11-13)25(23,24)21(2)3)19-18-10-7-15-16(20-18)8-9-17(15)22/h4-7,10-12H,8-9H2,1-3H3,(H,19,20).